The van der Waals surface area contributed by atoms with Gasteiger partial charge in [0.15, 0.2) is 5.82 Å². The molecule has 9 heteroatoms. The quantitative estimate of drug-likeness (QED) is 0.348. The molecule has 0 fully saturated rings. The van der Waals surface area contributed by atoms with Crippen molar-refractivity contribution in [3.05, 3.63) is 64.6 Å². The van der Waals surface area contributed by atoms with Crippen molar-refractivity contribution in [2.24, 2.45) is 0 Å². The summed E-state index contributed by atoms with van der Waals surface area (Å²) in [5, 5.41) is 3.57. The molecule has 0 bridgehead atoms. The zero-order chi connectivity index (χ0) is 24.4. The summed E-state index contributed by atoms with van der Waals surface area (Å²) in [7, 11) is 5.45. The lowest BCUT2D eigenvalue weighted by Gasteiger charge is -2.18. The van der Waals surface area contributed by atoms with Crippen LogP contribution >= 0.6 is 11.6 Å². The number of fused-ring (bicyclic) bond motifs is 1. The second-order valence-corrected chi connectivity index (χ2v) is 9.00. The van der Waals surface area contributed by atoms with Gasteiger partial charge in [0.2, 0.25) is 11.9 Å². The molecule has 0 spiro atoms. The summed E-state index contributed by atoms with van der Waals surface area (Å²) in [6, 6.07) is 11.5. The number of hydrogen-bond acceptors (Lipinski definition) is 6. The molecule has 4 rings (SSSR count). The molecule has 0 aliphatic rings. The molecule has 7 nitrogen and oxygen atoms in total. The lowest BCUT2D eigenvalue weighted by atomic mass is 10.1. The number of hydrogen-bond donors (Lipinski definition) is 1. The van der Waals surface area contributed by atoms with E-state index < -0.39 is 5.82 Å². The third kappa shape index (κ3) is 4.83. The minimum Gasteiger partial charge on any atom is -0.380 e. The SMILES string of the molecule is COCc1cccc(CNc2ncc(Cl)c(-c3cc(F)c4nc(N(C)C)n(C(C)C)c4c3)n2)c1. The molecule has 0 saturated carbocycles. The molecule has 0 amide bonds. The Bertz CT molecular complexity index is 1320. The highest BCUT2D eigenvalue weighted by Gasteiger charge is 2.20. The molecule has 2 aromatic carbocycles. The van der Waals surface area contributed by atoms with E-state index in [1.807, 2.05) is 61.7 Å². The third-order valence-electron chi connectivity index (χ3n) is 5.42. The van der Waals surface area contributed by atoms with Crippen LogP contribution in [0.25, 0.3) is 22.3 Å². The van der Waals surface area contributed by atoms with Gasteiger partial charge in [-0.2, -0.15) is 0 Å². The van der Waals surface area contributed by atoms with E-state index in [1.165, 1.54) is 12.3 Å². The number of aromatic nitrogens is 4. The van der Waals surface area contributed by atoms with Crippen molar-refractivity contribution < 1.29 is 9.13 Å². The summed E-state index contributed by atoms with van der Waals surface area (Å²) in [6.45, 7) is 5.16. The van der Waals surface area contributed by atoms with Crippen LogP contribution in [0.3, 0.4) is 0 Å². The van der Waals surface area contributed by atoms with Crippen molar-refractivity contribution in [2.75, 3.05) is 31.4 Å². The van der Waals surface area contributed by atoms with Crippen LogP contribution in [-0.4, -0.2) is 40.7 Å². The van der Waals surface area contributed by atoms with Crippen LogP contribution in [0.2, 0.25) is 5.02 Å². The fourth-order valence-electron chi connectivity index (χ4n) is 3.93. The number of ether oxygens (including phenoxy) is 1. The van der Waals surface area contributed by atoms with E-state index >= 15 is 4.39 Å². The van der Waals surface area contributed by atoms with Gasteiger partial charge in [-0.15, -0.1) is 0 Å². The summed E-state index contributed by atoms with van der Waals surface area (Å²) >= 11 is 6.45. The second kappa shape index (κ2) is 9.95. The van der Waals surface area contributed by atoms with Gasteiger partial charge in [0, 0.05) is 39.4 Å². The van der Waals surface area contributed by atoms with Gasteiger partial charge in [-0.1, -0.05) is 35.9 Å². The number of nitrogens with one attached hydrogen (secondary N) is 1. The van der Waals surface area contributed by atoms with Crippen molar-refractivity contribution in [1.82, 2.24) is 19.5 Å². The summed E-state index contributed by atoms with van der Waals surface area (Å²) in [5.41, 5.74) is 4.18. The summed E-state index contributed by atoms with van der Waals surface area (Å²) in [4.78, 5) is 15.3. The first-order valence-corrected chi connectivity index (χ1v) is 11.4. The van der Waals surface area contributed by atoms with Gasteiger partial charge in [-0.3, -0.25) is 0 Å². The van der Waals surface area contributed by atoms with Gasteiger partial charge in [-0.05, 0) is 37.1 Å². The number of nitrogens with zero attached hydrogens (tertiary/aromatic N) is 5. The average molecular weight is 483 g/mol. The van der Waals surface area contributed by atoms with Crippen molar-refractivity contribution in [2.45, 2.75) is 33.0 Å². The van der Waals surface area contributed by atoms with E-state index in [0.717, 1.165) is 11.1 Å². The Morgan fingerprint density at radius 1 is 1.15 bits per heavy atom. The van der Waals surface area contributed by atoms with E-state index in [4.69, 9.17) is 16.3 Å². The largest absolute Gasteiger partial charge is 0.380 e. The van der Waals surface area contributed by atoms with Gasteiger partial charge in [-0.25, -0.2) is 19.3 Å². The van der Waals surface area contributed by atoms with Gasteiger partial charge < -0.3 is 19.5 Å². The number of rotatable bonds is 8. The monoisotopic (exact) mass is 482 g/mol. The Morgan fingerprint density at radius 2 is 1.91 bits per heavy atom. The Labute approximate surface area is 203 Å². The van der Waals surface area contributed by atoms with Crippen LogP contribution in [0.15, 0.2) is 42.6 Å². The van der Waals surface area contributed by atoms with Crippen molar-refractivity contribution >= 4 is 34.5 Å². The summed E-state index contributed by atoms with van der Waals surface area (Å²) < 4.78 is 22.4. The van der Waals surface area contributed by atoms with Gasteiger partial charge in [0.1, 0.15) is 5.52 Å². The van der Waals surface area contributed by atoms with Crippen LogP contribution in [0.1, 0.15) is 31.0 Å². The molecule has 0 saturated heterocycles. The maximum Gasteiger partial charge on any atom is 0.223 e. The van der Waals surface area contributed by atoms with Crippen LogP contribution in [0, 0.1) is 5.82 Å². The van der Waals surface area contributed by atoms with Crippen LogP contribution in [0.4, 0.5) is 16.3 Å². The van der Waals surface area contributed by atoms with Crippen LogP contribution < -0.4 is 10.2 Å². The number of anilines is 2. The maximum atomic E-state index is 15.1. The molecular formula is C25H28ClFN6O. The predicted molar refractivity (Wildman–Crippen MR) is 135 cm³/mol. The van der Waals surface area contributed by atoms with E-state index in [2.05, 4.69) is 26.3 Å². The third-order valence-corrected chi connectivity index (χ3v) is 5.69. The second-order valence-electron chi connectivity index (χ2n) is 8.59. The van der Waals surface area contributed by atoms with E-state index in [9.17, 15) is 0 Å². The first-order valence-electron chi connectivity index (χ1n) is 11.0. The Balaban J connectivity index is 1.69. The number of imidazole rings is 1. The zero-order valence-corrected chi connectivity index (χ0v) is 20.7. The summed E-state index contributed by atoms with van der Waals surface area (Å²) in [5.74, 6) is 0.672. The minimum absolute atomic E-state index is 0.0871. The molecule has 2 aromatic heterocycles. The minimum atomic E-state index is -0.422. The molecule has 0 radical (unpaired) electrons. The molecule has 0 unspecified atom stereocenters. The lowest BCUT2D eigenvalue weighted by molar-refractivity contribution is 0.185. The van der Waals surface area contributed by atoms with Gasteiger partial charge in [0.25, 0.3) is 0 Å². The Kier molecular flexibility index (Phi) is 7.00. The van der Waals surface area contributed by atoms with E-state index in [1.54, 1.807) is 7.11 Å². The highest BCUT2D eigenvalue weighted by atomic mass is 35.5. The average Bonchev–Trinajstić information content (AvgIpc) is 3.20. The molecular weight excluding hydrogens is 455 g/mol. The van der Waals surface area contributed by atoms with E-state index in [0.29, 0.717) is 52.4 Å². The van der Waals surface area contributed by atoms with Crippen LogP contribution in [-0.2, 0) is 17.9 Å². The standard InChI is InChI=1S/C25H28ClFN6O/c1-15(2)33-21-11-18(10-20(27)23(21)31-25(33)32(3)4)22-19(26)13-29-24(30-22)28-12-16-7-6-8-17(9-16)14-34-5/h6-11,13,15H,12,14H2,1-5H3,(H,28,29,30). The molecule has 0 aliphatic heterocycles. The fourth-order valence-corrected chi connectivity index (χ4v) is 4.13. The fraction of sp³-hybridized carbons (Fsp3) is 0.320. The smallest absolute Gasteiger partial charge is 0.223 e. The Hall–Kier alpha value is -3.23. The topological polar surface area (TPSA) is 68.1 Å². The molecule has 0 aliphatic carbocycles. The number of benzene rings is 2. The molecule has 4 aromatic rings. The molecule has 178 valence electrons. The van der Waals surface area contributed by atoms with Crippen molar-refractivity contribution in [1.29, 1.82) is 0 Å². The first-order chi connectivity index (χ1) is 16.3. The first kappa shape index (κ1) is 23.9. The highest BCUT2D eigenvalue weighted by molar-refractivity contribution is 6.33. The lowest BCUT2D eigenvalue weighted by Crippen LogP contribution is -2.16. The maximum absolute atomic E-state index is 15.1. The Morgan fingerprint density at radius 3 is 2.62 bits per heavy atom. The number of halogens is 2. The van der Waals surface area contributed by atoms with Crippen molar-refractivity contribution in [3.8, 4) is 11.3 Å². The van der Waals surface area contributed by atoms with Crippen molar-refractivity contribution in [3.63, 3.8) is 0 Å². The molecule has 2 heterocycles. The predicted octanol–water partition coefficient (Wildman–Crippen LogP) is 5.69. The number of methoxy groups -OCH3 is 1. The molecule has 0 atom stereocenters. The zero-order valence-electron chi connectivity index (χ0n) is 19.9. The molecule has 34 heavy (non-hydrogen) atoms. The van der Waals surface area contributed by atoms with Crippen LogP contribution in [0.5, 0.6) is 0 Å². The normalized spacial score (nSPS) is 11.4. The van der Waals surface area contributed by atoms with Gasteiger partial charge in [0.05, 0.1) is 29.0 Å². The van der Waals surface area contributed by atoms with Gasteiger partial charge >= 0.3 is 0 Å². The molecule has 1 N–H and O–H groups in total. The highest BCUT2D eigenvalue weighted by Crippen LogP contribution is 2.34. The van der Waals surface area contributed by atoms with E-state index in [-0.39, 0.29) is 6.04 Å². The summed E-state index contributed by atoms with van der Waals surface area (Å²) in [6.07, 6.45) is 1.53.